The summed E-state index contributed by atoms with van der Waals surface area (Å²) in [6.45, 7) is 4.23. The Morgan fingerprint density at radius 1 is 0.750 bits per heavy atom. The van der Waals surface area contributed by atoms with Gasteiger partial charge in [0.1, 0.15) is 0 Å². The highest BCUT2D eigenvalue weighted by Crippen LogP contribution is 2.20. The SMILES string of the molecule is Cc1ccc(-c2cccc(C)c2)cc1.N=C=O.N=C=O. The minimum absolute atomic E-state index is 0.750. The molecule has 0 atom stereocenters. The standard InChI is InChI=1S/C14H14.2CHNO/c1-11-6-8-13(9-7-11)14-5-3-4-12(2)10-14;2*2-1-3/h3-10H,1-2H3;2*2H. The van der Waals surface area contributed by atoms with Crippen LogP contribution in [0, 0.1) is 24.7 Å². The van der Waals surface area contributed by atoms with Crippen molar-refractivity contribution in [3.05, 3.63) is 59.7 Å². The summed E-state index contributed by atoms with van der Waals surface area (Å²) in [6, 6.07) is 17.2. The second-order valence-electron chi connectivity index (χ2n) is 3.94. The minimum Gasteiger partial charge on any atom is -0.222 e. The van der Waals surface area contributed by atoms with Gasteiger partial charge in [0, 0.05) is 0 Å². The Labute approximate surface area is 118 Å². The summed E-state index contributed by atoms with van der Waals surface area (Å²) in [5.41, 5.74) is 5.20. The summed E-state index contributed by atoms with van der Waals surface area (Å²) in [5.74, 6) is 0. The average molecular weight is 268 g/mol. The van der Waals surface area contributed by atoms with E-state index in [-0.39, 0.29) is 0 Å². The molecule has 0 aromatic heterocycles. The van der Waals surface area contributed by atoms with E-state index in [1.54, 1.807) is 0 Å². The summed E-state index contributed by atoms with van der Waals surface area (Å²) in [5, 5.41) is 10.8. The van der Waals surface area contributed by atoms with Crippen molar-refractivity contribution in [2.24, 2.45) is 0 Å². The maximum Gasteiger partial charge on any atom is 0.231 e. The number of nitrogens with one attached hydrogen (secondary N) is 2. The molecular weight excluding hydrogens is 252 g/mol. The van der Waals surface area contributed by atoms with Crippen molar-refractivity contribution in [1.29, 1.82) is 10.8 Å². The van der Waals surface area contributed by atoms with E-state index >= 15 is 0 Å². The van der Waals surface area contributed by atoms with Gasteiger partial charge in [-0.2, -0.15) is 0 Å². The van der Waals surface area contributed by atoms with Gasteiger partial charge < -0.3 is 0 Å². The summed E-state index contributed by atoms with van der Waals surface area (Å²) in [6.07, 6.45) is 1.50. The quantitative estimate of drug-likeness (QED) is 0.609. The van der Waals surface area contributed by atoms with Gasteiger partial charge in [-0.1, -0.05) is 59.7 Å². The first-order valence-corrected chi connectivity index (χ1v) is 5.80. The van der Waals surface area contributed by atoms with Gasteiger partial charge in [0.15, 0.2) is 0 Å². The first-order valence-electron chi connectivity index (χ1n) is 5.80. The van der Waals surface area contributed by atoms with Crippen molar-refractivity contribution < 1.29 is 9.59 Å². The molecule has 102 valence electrons. The Kier molecular flexibility index (Phi) is 8.73. The van der Waals surface area contributed by atoms with Gasteiger partial charge in [0.2, 0.25) is 12.2 Å². The van der Waals surface area contributed by atoms with E-state index in [1.807, 2.05) is 0 Å². The molecule has 2 rings (SSSR count). The number of hydrogen-bond acceptors (Lipinski definition) is 4. The molecule has 20 heavy (non-hydrogen) atoms. The average Bonchev–Trinajstić information content (AvgIpc) is 2.41. The van der Waals surface area contributed by atoms with Gasteiger partial charge in [0.05, 0.1) is 0 Å². The molecule has 0 spiro atoms. The fourth-order valence-corrected chi connectivity index (χ4v) is 1.57. The predicted molar refractivity (Wildman–Crippen MR) is 78.2 cm³/mol. The highest BCUT2D eigenvalue weighted by Gasteiger charge is 1.96. The van der Waals surface area contributed by atoms with Gasteiger partial charge in [-0.25, -0.2) is 20.4 Å². The zero-order valence-corrected chi connectivity index (χ0v) is 11.4. The normalized spacial score (nSPS) is 7.90. The van der Waals surface area contributed by atoms with E-state index in [4.69, 9.17) is 20.4 Å². The van der Waals surface area contributed by atoms with Crippen LogP contribution in [0.4, 0.5) is 0 Å². The van der Waals surface area contributed by atoms with Crippen molar-refractivity contribution in [1.82, 2.24) is 0 Å². The number of benzene rings is 2. The van der Waals surface area contributed by atoms with Gasteiger partial charge in [-0.05, 0) is 25.0 Å². The lowest BCUT2D eigenvalue weighted by molar-refractivity contribution is 0.562. The van der Waals surface area contributed by atoms with E-state index in [2.05, 4.69) is 62.4 Å². The van der Waals surface area contributed by atoms with Gasteiger partial charge >= 0.3 is 0 Å². The van der Waals surface area contributed by atoms with Crippen LogP contribution in [-0.2, 0) is 9.59 Å². The lowest BCUT2D eigenvalue weighted by Gasteiger charge is -2.02. The Hall–Kier alpha value is -2.80. The van der Waals surface area contributed by atoms with Gasteiger partial charge in [-0.3, -0.25) is 0 Å². The third kappa shape index (κ3) is 6.82. The van der Waals surface area contributed by atoms with E-state index < -0.39 is 0 Å². The van der Waals surface area contributed by atoms with Crippen LogP contribution in [-0.4, -0.2) is 12.2 Å². The van der Waals surface area contributed by atoms with Crippen LogP contribution in [0.25, 0.3) is 11.1 Å². The summed E-state index contributed by atoms with van der Waals surface area (Å²) in [4.78, 5) is 16.7. The topological polar surface area (TPSA) is 81.8 Å². The number of aryl methyl sites for hydroxylation is 2. The van der Waals surface area contributed by atoms with Crippen LogP contribution in [0.1, 0.15) is 11.1 Å². The summed E-state index contributed by atoms with van der Waals surface area (Å²) in [7, 11) is 0. The van der Waals surface area contributed by atoms with Crippen LogP contribution in [0.15, 0.2) is 48.5 Å². The number of rotatable bonds is 1. The highest BCUT2D eigenvalue weighted by molar-refractivity contribution is 5.64. The Morgan fingerprint density at radius 3 is 1.70 bits per heavy atom. The Bertz CT molecular complexity index is 580. The maximum absolute atomic E-state index is 8.35. The summed E-state index contributed by atoms with van der Waals surface area (Å²) < 4.78 is 0. The first-order chi connectivity index (χ1) is 9.58. The molecule has 2 aromatic rings. The molecule has 0 aliphatic rings. The molecule has 4 heteroatoms. The number of carbonyl (C=O) groups excluding carboxylic acids is 2. The zero-order chi connectivity index (χ0) is 15.4. The monoisotopic (exact) mass is 268 g/mol. The maximum atomic E-state index is 8.35. The molecule has 0 heterocycles. The predicted octanol–water partition coefficient (Wildman–Crippen LogP) is 3.77. The second kappa shape index (κ2) is 10.2. The van der Waals surface area contributed by atoms with E-state index in [1.165, 1.54) is 22.3 Å². The zero-order valence-electron chi connectivity index (χ0n) is 11.4. The summed E-state index contributed by atoms with van der Waals surface area (Å²) >= 11 is 0. The minimum atomic E-state index is 0.750. The molecular formula is C16H16N2O2. The molecule has 0 aliphatic heterocycles. The van der Waals surface area contributed by atoms with Gasteiger partial charge in [0.25, 0.3) is 0 Å². The van der Waals surface area contributed by atoms with Crippen molar-refractivity contribution in [3.8, 4) is 11.1 Å². The van der Waals surface area contributed by atoms with E-state index in [0.717, 1.165) is 12.2 Å². The van der Waals surface area contributed by atoms with Crippen molar-refractivity contribution in [2.45, 2.75) is 13.8 Å². The van der Waals surface area contributed by atoms with Crippen LogP contribution in [0.2, 0.25) is 0 Å². The van der Waals surface area contributed by atoms with E-state index in [9.17, 15) is 0 Å². The third-order valence-corrected chi connectivity index (χ3v) is 2.40. The van der Waals surface area contributed by atoms with Gasteiger partial charge in [-0.15, -0.1) is 0 Å². The molecule has 2 N–H and O–H groups in total. The molecule has 0 saturated carbocycles. The smallest absolute Gasteiger partial charge is 0.222 e. The lowest BCUT2D eigenvalue weighted by Crippen LogP contribution is -1.79. The second-order valence-corrected chi connectivity index (χ2v) is 3.94. The third-order valence-electron chi connectivity index (χ3n) is 2.40. The molecule has 0 saturated heterocycles. The first kappa shape index (κ1) is 17.2. The van der Waals surface area contributed by atoms with Crippen molar-refractivity contribution in [3.63, 3.8) is 0 Å². The number of hydrogen-bond donors (Lipinski definition) is 2. The molecule has 0 bridgehead atoms. The van der Waals surface area contributed by atoms with Crippen molar-refractivity contribution in [2.75, 3.05) is 0 Å². The largest absolute Gasteiger partial charge is 0.231 e. The molecule has 0 aliphatic carbocycles. The molecule has 0 radical (unpaired) electrons. The molecule has 0 amide bonds. The molecule has 0 unspecified atom stereocenters. The van der Waals surface area contributed by atoms with Crippen LogP contribution in [0.3, 0.4) is 0 Å². The van der Waals surface area contributed by atoms with Crippen LogP contribution >= 0.6 is 0 Å². The fraction of sp³-hybridized carbons (Fsp3) is 0.125. The van der Waals surface area contributed by atoms with Crippen LogP contribution < -0.4 is 0 Å². The molecule has 2 aromatic carbocycles. The Morgan fingerprint density at radius 2 is 1.25 bits per heavy atom. The highest BCUT2D eigenvalue weighted by atomic mass is 16.1. The van der Waals surface area contributed by atoms with Crippen LogP contribution in [0.5, 0.6) is 0 Å². The Balaban J connectivity index is 0.000000520. The van der Waals surface area contributed by atoms with Crippen molar-refractivity contribution >= 4 is 12.2 Å². The molecule has 0 fully saturated rings. The number of isocyanates is 2. The van der Waals surface area contributed by atoms with E-state index in [0.29, 0.717) is 0 Å². The lowest BCUT2D eigenvalue weighted by atomic mass is 10.0. The molecule has 4 nitrogen and oxygen atoms in total. The fourth-order valence-electron chi connectivity index (χ4n) is 1.57.